The zero-order chi connectivity index (χ0) is 11.9. The summed E-state index contributed by atoms with van der Waals surface area (Å²) in [6.45, 7) is 8.31. The van der Waals surface area contributed by atoms with Crippen LogP contribution < -0.4 is 0 Å². The summed E-state index contributed by atoms with van der Waals surface area (Å²) in [5.41, 5.74) is -0.583. The fourth-order valence-electron chi connectivity index (χ4n) is 1.46. The molecule has 0 heterocycles. The highest BCUT2D eigenvalue weighted by molar-refractivity contribution is 5.57. The summed E-state index contributed by atoms with van der Waals surface area (Å²) in [7, 11) is 0. The van der Waals surface area contributed by atoms with Crippen LogP contribution in [-0.2, 0) is 9.47 Å². The SMILES string of the molecule is CCC(CC)(CCOC(C)C)OC(=O)O. The van der Waals surface area contributed by atoms with Crippen LogP contribution in [0.25, 0.3) is 0 Å². The highest BCUT2D eigenvalue weighted by Crippen LogP contribution is 2.25. The van der Waals surface area contributed by atoms with Gasteiger partial charge in [-0.25, -0.2) is 4.79 Å². The Morgan fingerprint density at radius 1 is 1.33 bits per heavy atom. The molecule has 0 aliphatic rings. The average molecular weight is 218 g/mol. The van der Waals surface area contributed by atoms with E-state index in [2.05, 4.69) is 0 Å². The van der Waals surface area contributed by atoms with Crippen LogP contribution in [0, 0.1) is 0 Å². The van der Waals surface area contributed by atoms with Crippen LogP contribution in [0.1, 0.15) is 47.0 Å². The Kier molecular flexibility index (Phi) is 6.32. The molecule has 0 unspecified atom stereocenters. The minimum absolute atomic E-state index is 0.168. The highest BCUT2D eigenvalue weighted by Gasteiger charge is 2.30. The van der Waals surface area contributed by atoms with Gasteiger partial charge in [-0.05, 0) is 26.7 Å². The van der Waals surface area contributed by atoms with Crippen LogP contribution in [0.15, 0.2) is 0 Å². The summed E-state index contributed by atoms with van der Waals surface area (Å²) in [4.78, 5) is 10.6. The molecule has 0 aromatic rings. The van der Waals surface area contributed by atoms with E-state index in [1.54, 1.807) is 0 Å². The largest absolute Gasteiger partial charge is 0.506 e. The molecule has 0 radical (unpaired) electrons. The third-order valence-corrected chi connectivity index (χ3v) is 2.60. The van der Waals surface area contributed by atoms with Crippen molar-refractivity contribution < 1.29 is 19.4 Å². The molecule has 1 N–H and O–H groups in total. The van der Waals surface area contributed by atoms with Gasteiger partial charge in [0.25, 0.3) is 0 Å². The third-order valence-electron chi connectivity index (χ3n) is 2.60. The first-order valence-electron chi connectivity index (χ1n) is 5.49. The number of carbonyl (C=O) groups is 1. The summed E-state index contributed by atoms with van der Waals surface area (Å²) in [5.74, 6) is 0. The van der Waals surface area contributed by atoms with E-state index < -0.39 is 11.8 Å². The Hall–Kier alpha value is -0.770. The van der Waals surface area contributed by atoms with Crippen molar-refractivity contribution in [3.63, 3.8) is 0 Å². The van der Waals surface area contributed by atoms with Crippen LogP contribution in [0.2, 0.25) is 0 Å². The van der Waals surface area contributed by atoms with Crippen LogP contribution in [-0.4, -0.2) is 29.6 Å². The van der Waals surface area contributed by atoms with E-state index in [-0.39, 0.29) is 6.10 Å². The minimum atomic E-state index is -1.21. The lowest BCUT2D eigenvalue weighted by Gasteiger charge is -2.30. The normalized spacial score (nSPS) is 11.8. The summed E-state index contributed by atoms with van der Waals surface area (Å²) < 4.78 is 10.4. The van der Waals surface area contributed by atoms with Crippen molar-refractivity contribution in [2.45, 2.75) is 58.7 Å². The number of hydrogen-bond acceptors (Lipinski definition) is 3. The lowest BCUT2D eigenvalue weighted by molar-refractivity contribution is -0.0501. The van der Waals surface area contributed by atoms with Crippen molar-refractivity contribution in [1.82, 2.24) is 0 Å². The average Bonchev–Trinajstić information content (AvgIpc) is 2.15. The lowest BCUT2D eigenvalue weighted by atomic mass is 9.93. The van der Waals surface area contributed by atoms with Gasteiger partial charge in [-0.3, -0.25) is 0 Å². The highest BCUT2D eigenvalue weighted by atomic mass is 16.7. The number of rotatable bonds is 7. The second kappa shape index (κ2) is 6.67. The molecule has 90 valence electrons. The van der Waals surface area contributed by atoms with E-state index in [9.17, 15) is 4.79 Å². The maximum atomic E-state index is 10.6. The van der Waals surface area contributed by atoms with Crippen molar-refractivity contribution in [1.29, 1.82) is 0 Å². The molecule has 0 atom stereocenters. The Bertz CT molecular complexity index is 185. The first kappa shape index (κ1) is 14.2. The quantitative estimate of drug-likeness (QED) is 0.667. The molecular weight excluding hydrogens is 196 g/mol. The topological polar surface area (TPSA) is 55.8 Å². The van der Waals surface area contributed by atoms with E-state index in [1.807, 2.05) is 27.7 Å². The van der Waals surface area contributed by atoms with Crippen molar-refractivity contribution in [3.05, 3.63) is 0 Å². The predicted octanol–water partition coefficient (Wildman–Crippen LogP) is 3.05. The van der Waals surface area contributed by atoms with E-state index in [0.29, 0.717) is 25.9 Å². The van der Waals surface area contributed by atoms with Gasteiger partial charge in [0.2, 0.25) is 0 Å². The summed E-state index contributed by atoms with van der Waals surface area (Å²) in [6.07, 6.45) is 0.934. The van der Waals surface area contributed by atoms with E-state index in [4.69, 9.17) is 14.6 Å². The van der Waals surface area contributed by atoms with Crippen molar-refractivity contribution in [2.24, 2.45) is 0 Å². The molecule has 0 aromatic carbocycles. The van der Waals surface area contributed by atoms with E-state index >= 15 is 0 Å². The predicted molar refractivity (Wildman–Crippen MR) is 58.1 cm³/mol. The molecule has 0 aromatic heterocycles. The fraction of sp³-hybridized carbons (Fsp3) is 0.909. The molecule has 0 amide bonds. The van der Waals surface area contributed by atoms with Crippen molar-refractivity contribution >= 4 is 6.16 Å². The zero-order valence-electron chi connectivity index (χ0n) is 10.1. The summed E-state index contributed by atoms with van der Waals surface area (Å²) in [6, 6.07) is 0. The molecule has 0 saturated carbocycles. The maximum absolute atomic E-state index is 10.6. The summed E-state index contributed by atoms with van der Waals surface area (Å²) >= 11 is 0. The van der Waals surface area contributed by atoms with E-state index in [1.165, 1.54) is 0 Å². The van der Waals surface area contributed by atoms with Gasteiger partial charge in [0.15, 0.2) is 0 Å². The molecule has 0 fully saturated rings. The van der Waals surface area contributed by atoms with Gasteiger partial charge in [0.1, 0.15) is 5.60 Å². The molecule has 0 aliphatic carbocycles. The monoisotopic (exact) mass is 218 g/mol. The van der Waals surface area contributed by atoms with Crippen molar-refractivity contribution in [3.8, 4) is 0 Å². The molecule has 0 saturated heterocycles. The molecule has 0 bridgehead atoms. The van der Waals surface area contributed by atoms with Gasteiger partial charge in [-0.1, -0.05) is 13.8 Å². The first-order valence-corrected chi connectivity index (χ1v) is 5.49. The molecule has 15 heavy (non-hydrogen) atoms. The molecule has 0 spiro atoms. The molecular formula is C11H22O4. The van der Waals surface area contributed by atoms with Gasteiger partial charge in [-0.15, -0.1) is 0 Å². The van der Waals surface area contributed by atoms with Gasteiger partial charge in [0.05, 0.1) is 12.7 Å². The Morgan fingerprint density at radius 2 is 1.87 bits per heavy atom. The first-order chi connectivity index (χ1) is 6.95. The minimum Gasteiger partial charge on any atom is -0.450 e. The molecule has 0 rings (SSSR count). The second-order valence-corrected chi connectivity index (χ2v) is 3.93. The van der Waals surface area contributed by atoms with Gasteiger partial charge < -0.3 is 14.6 Å². The van der Waals surface area contributed by atoms with Gasteiger partial charge in [0, 0.05) is 6.42 Å². The third kappa shape index (κ3) is 5.62. The molecule has 4 heteroatoms. The standard InChI is InChI=1S/C11H22O4/c1-5-11(6-2,15-10(12)13)7-8-14-9(3)4/h9H,5-8H2,1-4H3,(H,12,13). The zero-order valence-corrected chi connectivity index (χ0v) is 10.1. The fourth-order valence-corrected chi connectivity index (χ4v) is 1.46. The van der Waals surface area contributed by atoms with Crippen LogP contribution in [0.4, 0.5) is 4.79 Å². The number of ether oxygens (including phenoxy) is 2. The maximum Gasteiger partial charge on any atom is 0.506 e. The van der Waals surface area contributed by atoms with Crippen molar-refractivity contribution in [2.75, 3.05) is 6.61 Å². The van der Waals surface area contributed by atoms with E-state index in [0.717, 1.165) is 0 Å². The van der Waals surface area contributed by atoms with Crippen LogP contribution >= 0.6 is 0 Å². The van der Waals surface area contributed by atoms with Gasteiger partial charge in [-0.2, -0.15) is 0 Å². The van der Waals surface area contributed by atoms with Gasteiger partial charge >= 0.3 is 6.16 Å². The smallest absolute Gasteiger partial charge is 0.450 e. The lowest BCUT2D eigenvalue weighted by Crippen LogP contribution is -2.35. The summed E-state index contributed by atoms with van der Waals surface area (Å²) in [5, 5.41) is 8.66. The molecule has 4 nitrogen and oxygen atoms in total. The Balaban J connectivity index is 4.17. The Morgan fingerprint density at radius 3 is 2.20 bits per heavy atom. The van der Waals surface area contributed by atoms with Crippen LogP contribution in [0.5, 0.6) is 0 Å². The van der Waals surface area contributed by atoms with Crippen LogP contribution in [0.3, 0.4) is 0 Å². The Labute approximate surface area is 91.6 Å². The number of carboxylic acid groups (broad SMARTS) is 1. The molecule has 0 aliphatic heterocycles. The second-order valence-electron chi connectivity index (χ2n) is 3.93. The number of hydrogen-bond donors (Lipinski definition) is 1.